The molecule has 0 saturated heterocycles. The van der Waals surface area contributed by atoms with Crippen molar-refractivity contribution in [2.45, 2.75) is 52.3 Å². The van der Waals surface area contributed by atoms with E-state index in [1.54, 1.807) is 0 Å². The first-order valence-electron chi connectivity index (χ1n) is 6.97. The number of esters is 1. The Morgan fingerprint density at radius 3 is 2.35 bits per heavy atom. The van der Waals surface area contributed by atoms with Crippen LogP contribution < -0.4 is 10.6 Å². The molecule has 0 aromatic rings. The van der Waals surface area contributed by atoms with E-state index < -0.39 is 6.09 Å². The van der Waals surface area contributed by atoms with Gasteiger partial charge in [-0.05, 0) is 26.2 Å². The standard InChI is InChI=1S/C9H17NO3.C4H9NO2/c1-3-12-9(6-13-7(2)11)10-8-4-5-8;1-2-3-5-4(6)7/h8-10H,3-6H2,1-2H3;5H,2-3H2,1H3,(H,6,7). The Labute approximate surface area is 120 Å². The van der Waals surface area contributed by atoms with Crippen LogP contribution in [0.25, 0.3) is 0 Å². The first-order chi connectivity index (χ1) is 9.49. The number of amides is 1. The molecule has 0 spiro atoms. The molecule has 1 atom stereocenters. The average Bonchev–Trinajstić information content (AvgIpc) is 3.18. The van der Waals surface area contributed by atoms with Crippen LogP contribution in [0.3, 0.4) is 0 Å². The summed E-state index contributed by atoms with van der Waals surface area (Å²) in [6, 6.07) is 0.562. The quantitative estimate of drug-likeness (QED) is 0.461. The lowest BCUT2D eigenvalue weighted by Crippen LogP contribution is -2.38. The Morgan fingerprint density at radius 2 is 2.00 bits per heavy atom. The number of hydrogen-bond acceptors (Lipinski definition) is 5. The SMILES string of the molecule is CCCNC(=O)O.CCOC(COC(C)=O)NC1CC1. The van der Waals surface area contributed by atoms with Gasteiger partial charge in [0.05, 0.1) is 0 Å². The van der Waals surface area contributed by atoms with Crippen LogP contribution in [0, 0.1) is 0 Å². The highest BCUT2D eigenvalue weighted by atomic mass is 16.6. The largest absolute Gasteiger partial charge is 0.465 e. The molecule has 1 aliphatic carbocycles. The van der Waals surface area contributed by atoms with Crippen LogP contribution in [0.1, 0.15) is 40.0 Å². The van der Waals surface area contributed by atoms with Crippen molar-refractivity contribution < 1.29 is 24.2 Å². The van der Waals surface area contributed by atoms with Gasteiger partial charge in [0, 0.05) is 26.1 Å². The van der Waals surface area contributed by atoms with Crippen LogP contribution in [-0.4, -0.2) is 49.2 Å². The molecule has 118 valence electrons. The van der Waals surface area contributed by atoms with Gasteiger partial charge in [-0.1, -0.05) is 6.92 Å². The number of carbonyl (C=O) groups is 2. The molecule has 0 radical (unpaired) electrons. The van der Waals surface area contributed by atoms with Gasteiger partial charge < -0.3 is 19.9 Å². The van der Waals surface area contributed by atoms with Crippen molar-refractivity contribution in [2.75, 3.05) is 19.8 Å². The zero-order valence-electron chi connectivity index (χ0n) is 12.5. The van der Waals surface area contributed by atoms with E-state index in [4.69, 9.17) is 14.6 Å². The van der Waals surface area contributed by atoms with E-state index in [0.717, 1.165) is 6.42 Å². The van der Waals surface area contributed by atoms with E-state index >= 15 is 0 Å². The van der Waals surface area contributed by atoms with E-state index in [0.29, 0.717) is 25.8 Å². The molecule has 1 fully saturated rings. The molecule has 0 heterocycles. The third-order valence-electron chi connectivity index (χ3n) is 2.33. The lowest BCUT2D eigenvalue weighted by atomic mass is 10.5. The minimum Gasteiger partial charge on any atom is -0.465 e. The van der Waals surface area contributed by atoms with E-state index in [1.165, 1.54) is 19.8 Å². The molecule has 0 aliphatic heterocycles. The second kappa shape index (κ2) is 11.5. The van der Waals surface area contributed by atoms with Crippen LogP contribution in [-0.2, 0) is 14.3 Å². The topological polar surface area (TPSA) is 96.9 Å². The smallest absolute Gasteiger partial charge is 0.404 e. The van der Waals surface area contributed by atoms with Crippen molar-refractivity contribution in [3.8, 4) is 0 Å². The summed E-state index contributed by atoms with van der Waals surface area (Å²) in [6.45, 7) is 6.73. The number of rotatable bonds is 8. The van der Waals surface area contributed by atoms with Gasteiger partial charge in [-0.25, -0.2) is 4.79 Å². The second-order valence-corrected chi connectivity index (χ2v) is 4.42. The van der Waals surface area contributed by atoms with Crippen molar-refractivity contribution in [1.82, 2.24) is 10.6 Å². The molecule has 1 rings (SSSR count). The van der Waals surface area contributed by atoms with Crippen molar-refractivity contribution in [2.24, 2.45) is 0 Å². The minimum atomic E-state index is -0.943. The maximum atomic E-state index is 10.5. The van der Waals surface area contributed by atoms with E-state index in [1.807, 2.05) is 13.8 Å². The maximum absolute atomic E-state index is 10.5. The number of hydrogen-bond donors (Lipinski definition) is 3. The minimum absolute atomic E-state index is 0.138. The van der Waals surface area contributed by atoms with Gasteiger partial charge in [0.15, 0.2) is 0 Å². The summed E-state index contributed by atoms with van der Waals surface area (Å²) >= 11 is 0. The number of carboxylic acid groups (broad SMARTS) is 1. The molecule has 1 amide bonds. The van der Waals surface area contributed by atoms with E-state index in [-0.39, 0.29) is 12.2 Å². The second-order valence-electron chi connectivity index (χ2n) is 4.42. The summed E-state index contributed by atoms with van der Waals surface area (Å²) in [5.74, 6) is -0.262. The molecule has 0 aromatic heterocycles. The molecule has 20 heavy (non-hydrogen) atoms. The Kier molecular flexibility index (Phi) is 10.7. The summed E-state index contributed by atoms with van der Waals surface area (Å²) in [6.07, 6.45) is 2.17. The molecule has 1 aliphatic rings. The summed E-state index contributed by atoms with van der Waals surface area (Å²) in [4.78, 5) is 20.2. The average molecular weight is 290 g/mol. The van der Waals surface area contributed by atoms with E-state index in [2.05, 4.69) is 10.6 Å². The molecular formula is C13H26N2O5. The van der Waals surface area contributed by atoms with Crippen LogP contribution in [0.5, 0.6) is 0 Å². The fraction of sp³-hybridized carbons (Fsp3) is 0.846. The van der Waals surface area contributed by atoms with Crippen LogP contribution in [0.4, 0.5) is 4.79 Å². The van der Waals surface area contributed by atoms with Crippen LogP contribution in [0.15, 0.2) is 0 Å². The first kappa shape index (κ1) is 18.7. The molecule has 3 N–H and O–H groups in total. The third kappa shape index (κ3) is 13.1. The Bertz CT molecular complexity index is 282. The number of ether oxygens (including phenoxy) is 2. The molecular weight excluding hydrogens is 264 g/mol. The Morgan fingerprint density at radius 1 is 1.35 bits per heavy atom. The van der Waals surface area contributed by atoms with Gasteiger partial charge >= 0.3 is 12.1 Å². The monoisotopic (exact) mass is 290 g/mol. The van der Waals surface area contributed by atoms with Gasteiger partial charge in [-0.3, -0.25) is 10.1 Å². The predicted molar refractivity (Wildman–Crippen MR) is 74.5 cm³/mol. The molecule has 1 saturated carbocycles. The lowest BCUT2D eigenvalue weighted by Gasteiger charge is -2.17. The number of carbonyl (C=O) groups excluding carboxylic acids is 1. The molecule has 7 nitrogen and oxygen atoms in total. The number of nitrogens with one attached hydrogen (secondary N) is 2. The van der Waals surface area contributed by atoms with Crippen molar-refractivity contribution in [1.29, 1.82) is 0 Å². The zero-order chi connectivity index (χ0) is 15.4. The lowest BCUT2D eigenvalue weighted by molar-refractivity contribution is -0.146. The van der Waals surface area contributed by atoms with Gasteiger partial charge in [0.1, 0.15) is 12.8 Å². The molecule has 0 bridgehead atoms. The van der Waals surface area contributed by atoms with Gasteiger partial charge in [0.2, 0.25) is 0 Å². The Balaban J connectivity index is 0.000000441. The van der Waals surface area contributed by atoms with Crippen molar-refractivity contribution >= 4 is 12.1 Å². The maximum Gasteiger partial charge on any atom is 0.404 e. The molecule has 1 unspecified atom stereocenters. The molecule has 0 aromatic carbocycles. The van der Waals surface area contributed by atoms with Gasteiger partial charge in [-0.2, -0.15) is 0 Å². The summed E-state index contributed by atoms with van der Waals surface area (Å²) < 4.78 is 10.2. The fourth-order valence-corrected chi connectivity index (χ4v) is 1.28. The summed E-state index contributed by atoms with van der Waals surface area (Å²) in [5.41, 5.74) is 0. The highest BCUT2D eigenvalue weighted by molar-refractivity contribution is 5.65. The van der Waals surface area contributed by atoms with E-state index in [9.17, 15) is 9.59 Å². The summed E-state index contributed by atoms with van der Waals surface area (Å²) in [5, 5.41) is 13.4. The highest BCUT2D eigenvalue weighted by Gasteiger charge is 2.25. The molecule has 7 heteroatoms. The highest BCUT2D eigenvalue weighted by Crippen LogP contribution is 2.19. The zero-order valence-corrected chi connectivity index (χ0v) is 12.5. The predicted octanol–water partition coefficient (Wildman–Crippen LogP) is 1.33. The third-order valence-corrected chi connectivity index (χ3v) is 2.33. The van der Waals surface area contributed by atoms with Crippen LogP contribution >= 0.6 is 0 Å². The normalized spacial score (nSPS) is 14.8. The van der Waals surface area contributed by atoms with Crippen molar-refractivity contribution in [3.63, 3.8) is 0 Å². The summed E-state index contributed by atoms with van der Waals surface area (Å²) in [7, 11) is 0. The van der Waals surface area contributed by atoms with Crippen molar-refractivity contribution in [3.05, 3.63) is 0 Å². The first-order valence-corrected chi connectivity index (χ1v) is 6.97. The van der Waals surface area contributed by atoms with Gasteiger partial charge in [0.25, 0.3) is 0 Å². The fourth-order valence-electron chi connectivity index (χ4n) is 1.28. The van der Waals surface area contributed by atoms with Crippen LogP contribution in [0.2, 0.25) is 0 Å². The van der Waals surface area contributed by atoms with Gasteiger partial charge in [-0.15, -0.1) is 0 Å². The Hall–Kier alpha value is -1.34.